The minimum Gasteiger partial charge on any atom is -0.497 e. The highest BCUT2D eigenvalue weighted by molar-refractivity contribution is 8.00. The second-order valence-corrected chi connectivity index (χ2v) is 8.59. The van der Waals surface area contributed by atoms with Gasteiger partial charge >= 0.3 is 0 Å². The summed E-state index contributed by atoms with van der Waals surface area (Å²) in [4.78, 5) is 30.8. The van der Waals surface area contributed by atoms with E-state index in [9.17, 15) is 9.59 Å². The van der Waals surface area contributed by atoms with E-state index in [1.165, 1.54) is 11.8 Å². The molecule has 0 N–H and O–H groups in total. The van der Waals surface area contributed by atoms with Gasteiger partial charge in [-0.2, -0.15) is 0 Å². The Kier molecular flexibility index (Phi) is 7.69. The Labute approximate surface area is 181 Å². The number of hydrogen-bond donors (Lipinski definition) is 0. The molecule has 3 aromatic rings. The zero-order chi connectivity index (χ0) is 21.5. The minimum atomic E-state index is -0.367. The van der Waals surface area contributed by atoms with Gasteiger partial charge in [0, 0.05) is 12.1 Å². The van der Waals surface area contributed by atoms with Crippen molar-refractivity contribution in [1.29, 1.82) is 0 Å². The molecule has 2 aromatic carbocycles. The number of ketones is 1. The maximum absolute atomic E-state index is 13.1. The summed E-state index contributed by atoms with van der Waals surface area (Å²) in [5, 5.41) is 0.851. The van der Waals surface area contributed by atoms with E-state index in [4.69, 9.17) is 9.72 Å². The van der Waals surface area contributed by atoms with Crippen molar-refractivity contribution < 1.29 is 9.53 Å². The van der Waals surface area contributed by atoms with Crippen LogP contribution in [0.15, 0.2) is 58.5 Å². The lowest BCUT2D eigenvalue weighted by Crippen LogP contribution is -2.25. The monoisotopic (exact) mass is 424 g/mol. The Hall–Kier alpha value is -2.60. The number of nitrogens with zero attached hydrogens (tertiary/aromatic N) is 2. The van der Waals surface area contributed by atoms with Crippen LogP contribution in [0.4, 0.5) is 0 Å². The summed E-state index contributed by atoms with van der Waals surface area (Å²) in [6, 6.07) is 14.5. The van der Waals surface area contributed by atoms with Crippen LogP contribution in [0.25, 0.3) is 10.9 Å². The molecule has 0 spiro atoms. The molecule has 158 valence electrons. The smallest absolute Gasteiger partial charge is 0.262 e. The number of carbonyl (C=O) groups excluding carboxylic acids is 1. The number of thioether (sulfide) groups is 1. The molecule has 0 saturated carbocycles. The molecule has 0 aliphatic heterocycles. The van der Waals surface area contributed by atoms with Gasteiger partial charge in [-0.25, -0.2) is 4.98 Å². The quantitative estimate of drug-likeness (QED) is 0.190. The molecular formula is C24H28N2O3S. The molecule has 1 aromatic heterocycles. The summed E-state index contributed by atoms with van der Waals surface area (Å²) >= 11 is 1.35. The number of benzene rings is 2. The summed E-state index contributed by atoms with van der Waals surface area (Å²) < 4.78 is 6.90. The third kappa shape index (κ3) is 5.11. The normalized spacial score (nSPS) is 12.1. The Bertz CT molecular complexity index is 1060. The second-order valence-electron chi connectivity index (χ2n) is 7.28. The summed E-state index contributed by atoms with van der Waals surface area (Å²) in [5.74, 6) is 0.714. The van der Waals surface area contributed by atoms with Gasteiger partial charge in [0.2, 0.25) is 0 Å². The minimum absolute atomic E-state index is 0.00240. The van der Waals surface area contributed by atoms with Crippen molar-refractivity contribution >= 4 is 28.4 Å². The summed E-state index contributed by atoms with van der Waals surface area (Å²) in [6.07, 6.45) is 4.27. The highest BCUT2D eigenvalue weighted by atomic mass is 32.2. The summed E-state index contributed by atoms with van der Waals surface area (Å²) in [5.41, 5.74) is 1.25. The SMILES string of the molecule is CCCCCCn1c(S[C@H](C)C(=O)c2ccc(OC)cc2)nc2ccccc2c1=O. The van der Waals surface area contributed by atoms with Crippen molar-refractivity contribution in [3.8, 4) is 5.75 Å². The van der Waals surface area contributed by atoms with E-state index >= 15 is 0 Å². The van der Waals surface area contributed by atoms with Gasteiger partial charge in [-0.15, -0.1) is 0 Å². The lowest BCUT2D eigenvalue weighted by molar-refractivity contribution is 0.0994. The van der Waals surface area contributed by atoms with Gasteiger partial charge in [0.05, 0.1) is 23.3 Å². The molecule has 0 amide bonds. The Morgan fingerprint density at radius 1 is 1.10 bits per heavy atom. The van der Waals surface area contributed by atoms with Crippen molar-refractivity contribution in [2.24, 2.45) is 0 Å². The van der Waals surface area contributed by atoms with E-state index in [-0.39, 0.29) is 16.6 Å². The predicted octanol–water partition coefficient (Wildman–Crippen LogP) is 5.35. The van der Waals surface area contributed by atoms with Crippen molar-refractivity contribution in [1.82, 2.24) is 9.55 Å². The molecule has 0 aliphatic carbocycles. The molecule has 1 heterocycles. The molecule has 0 fully saturated rings. The number of carbonyl (C=O) groups is 1. The number of methoxy groups -OCH3 is 1. The van der Waals surface area contributed by atoms with Crippen LogP contribution < -0.4 is 10.3 Å². The fraction of sp³-hybridized carbons (Fsp3) is 0.375. The number of Topliss-reactive ketones (excluding diaryl/α,β-unsaturated/α-hetero) is 1. The molecule has 3 rings (SSSR count). The summed E-state index contributed by atoms with van der Waals surface area (Å²) in [6.45, 7) is 4.64. The number of hydrogen-bond acceptors (Lipinski definition) is 5. The lowest BCUT2D eigenvalue weighted by Gasteiger charge is -2.16. The molecule has 6 heteroatoms. The zero-order valence-electron chi connectivity index (χ0n) is 17.8. The molecule has 0 bridgehead atoms. The van der Waals surface area contributed by atoms with Crippen molar-refractivity contribution in [3.05, 3.63) is 64.4 Å². The molecule has 0 saturated heterocycles. The standard InChI is InChI=1S/C24H28N2O3S/c1-4-5-6-9-16-26-23(28)20-10-7-8-11-21(20)25-24(26)30-17(2)22(27)18-12-14-19(29-3)15-13-18/h7-8,10-15,17H,4-6,9,16H2,1-3H3/t17-/m1/s1. The Balaban J connectivity index is 1.88. The van der Waals surface area contributed by atoms with Crippen LogP contribution in [0.5, 0.6) is 5.75 Å². The van der Waals surface area contributed by atoms with Crippen molar-refractivity contribution in [2.45, 2.75) is 56.5 Å². The maximum atomic E-state index is 13.1. The number of rotatable bonds is 10. The zero-order valence-corrected chi connectivity index (χ0v) is 18.6. The number of ether oxygens (including phenoxy) is 1. The van der Waals surface area contributed by atoms with E-state index in [0.29, 0.717) is 33.9 Å². The Morgan fingerprint density at radius 2 is 1.83 bits per heavy atom. The number of unbranched alkanes of at least 4 members (excludes halogenated alkanes) is 3. The van der Waals surface area contributed by atoms with Crippen LogP contribution in [0, 0.1) is 0 Å². The van der Waals surface area contributed by atoms with Gasteiger partial charge < -0.3 is 4.74 Å². The maximum Gasteiger partial charge on any atom is 0.262 e. The first-order valence-electron chi connectivity index (χ1n) is 10.4. The number of para-hydroxylation sites is 1. The lowest BCUT2D eigenvalue weighted by atomic mass is 10.1. The average molecular weight is 425 g/mol. The van der Waals surface area contributed by atoms with Gasteiger partial charge in [-0.05, 0) is 49.7 Å². The topological polar surface area (TPSA) is 61.2 Å². The molecule has 30 heavy (non-hydrogen) atoms. The van der Waals surface area contributed by atoms with Crippen LogP contribution in [0.3, 0.4) is 0 Å². The Morgan fingerprint density at radius 3 is 2.53 bits per heavy atom. The van der Waals surface area contributed by atoms with Crippen LogP contribution in [0.1, 0.15) is 49.9 Å². The molecular weight excluding hydrogens is 396 g/mol. The van der Waals surface area contributed by atoms with Crippen LogP contribution >= 0.6 is 11.8 Å². The van der Waals surface area contributed by atoms with Crippen LogP contribution in [-0.4, -0.2) is 27.7 Å². The first kappa shape index (κ1) is 22.1. The van der Waals surface area contributed by atoms with Gasteiger partial charge in [-0.3, -0.25) is 14.2 Å². The molecule has 0 unspecified atom stereocenters. The van der Waals surface area contributed by atoms with E-state index in [0.717, 1.165) is 25.7 Å². The predicted molar refractivity (Wildman–Crippen MR) is 123 cm³/mol. The van der Waals surface area contributed by atoms with Crippen molar-refractivity contribution in [2.75, 3.05) is 7.11 Å². The highest BCUT2D eigenvalue weighted by Gasteiger charge is 2.20. The summed E-state index contributed by atoms with van der Waals surface area (Å²) in [7, 11) is 1.60. The van der Waals surface area contributed by atoms with Gasteiger partial charge in [-0.1, -0.05) is 50.1 Å². The number of aromatic nitrogens is 2. The van der Waals surface area contributed by atoms with E-state index in [1.807, 2.05) is 31.2 Å². The molecule has 5 nitrogen and oxygen atoms in total. The first-order valence-corrected chi connectivity index (χ1v) is 11.3. The third-order valence-corrected chi connectivity index (χ3v) is 6.18. The second kappa shape index (κ2) is 10.4. The van der Waals surface area contributed by atoms with E-state index in [1.54, 1.807) is 35.9 Å². The third-order valence-electron chi connectivity index (χ3n) is 5.09. The van der Waals surface area contributed by atoms with Crippen LogP contribution in [0.2, 0.25) is 0 Å². The first-order chi connectivity index (χ1) is 14.5. The largest absolute Gasteiger partial charge is 0.497 e. The van der Waals surface area contributed by atoms with Crippen LogP contribution in [-0.2, 0) is 6.54 Å². The molecule has 0 radical (unpaired) electrons. The van der Waals surface area contributed by atoms with Gasteiger partial charge in [0.1, 0.15) is 5.75 Å². The molecule has 1 atom stereocenters. The van der Waals surface area contributed by atoms with Gasteiger partial charge in [0.25, 0.3) is 5.56 Å². The average Bonchev–Trinajstić information content (AvgIpc) is 2.78. The fourth-order valence-electron chi connectivity index (χ4n) is 3.33. The molecule has 0 aliphatic rings. The van der Waals surface area contributed by atoms with Gasteiger partial charge in [0.15, 0.2) is 10.9 Å². The van der Waals surface area contributed by atoms with E-state index < -0.39 is 0 Å². The van der Waals surface area contributed by atoms with E-state index in [2.05, 4.69) is 6.92 Å². The fourth-order valence-corrected chi connectivity index (χ4v) is 4.34. The van der Waals surface area contributed by atoms with Crippen molar-refractivity contribution in [3.63, 3.8) is 0 Å². The highest BCUT2D eigenvalue weighted by Crippen LogP contribution is 2.26. The number of fused-ring (bicyclic) bond motifs is 1.